The van der Waals surface area contributed by atoms with Crippen LogP contribution in [0.15, 0.2) is 23.1 Å². The molecule has 0 saturated carbocycles. The van der Waals surface area contributed by atoms with Crippen LogP contribution in [0.5, 0.6) is 0 Å². The molecule has 2 heteroatoms. The number of aryl methyl sites for hydroxylation is 1. The molecule has 0 fully saturated rings. The first kappa shape index (κ1) is 15.6. The van der Waals surface area contributed by atoms with Crippen LogP contribution >= 0.6 is 11.8 Å². The standard InChI is InChI=1S/C16H27NS/c1-7-13(3)18-15-9-8-14(12(2)10-15)11-17-16(4,5)6/h8-10,13,17H,7,11H2,1-6H3. The van der Waals surface area contributed by atoms with Crippen LogP contribution in [0, 0.1) is 6.92 Å². The molecule has 1 atom stereocenters. The van der Waals surface area contributed by atoms with Crippen molar-refractivity contribution >= 4 is 11.8 Å². The molecule has 1 aromatic carbocycles. The summed E-state index contributed by atoms with van der Waals surface area (Å²) in [7, 11) is 0. The summed E-state index contributed by atoms with van der Waals surface area (Å²) in [4.78, 5) is 1.39. The molecular weight excluding hydrogens is 238 g/mol. The van der Waals surface area contributed by atoms with E-state index < -0.39 is 0 Å². The molecule has 0 amide bonds. The Morgan fingerprint density at radius 2 is 1.94 bits per heavy atom. The molecule has 0 aromatic heterocycles. The lowest BCUT2D eigenvalue weighted by Gasteiger charge is -2.21. The molecule has 1 unspecified atom stereocenters. The topological polar surface area (TPSA) is 12.0 Å². The molecule has 1 aromatic rings. The van der Waals surface area contributed by atoms with Crippen LogP contribution in [-0.4, -0.2) is 10.8 Å². The highest BCUT2D eigenvalue weighted by molar-refractivity contribution is 7.99. The minimum absolute atomic E-state index is 0.177. The maximum absolute atomic E-state index is 3.54. The van der Waals surface area contributed by atoms with Crippen molar-refractivity contribution in [3.63, 3.8) is 0 Å². The number of hydrogen-bond donors (Lipinski definition) is 1. The summed E-state index contributed by atoms with van der Waals surface area (Å²) in [6.07, 6.45) is 1.22. The molecule has 0 spiro atoms. The predicted molar refractivity (Wildman–Crippen MR) is 83.4 cm³/mol. The zero-order chi connectivity index (χ0) is 13.8. The van der Waals surface area contributed by atoms with Crippen molar-refractivity contribution in [3.8, 4) is 0 Å². The van der Waals surface area contributed by atoms with Crippen molar-refractivity contribution < 1.29 is 0 Å². The summed E-state index contributed by atoms with van der Waals surface area (Å²) < 4.78 is 0. The Morgan fingerprint density at radius 1 is 1.28 bits per heavy atom. The van der Waals surface area contributed by atoms with Crippen molar-refractivity contribution in [2.75, 3.05) is 0 Å². The van der Waals surface area contributed by atoms with E-state index in [0.29, 0.717) is 5.25 Å². The molecule has 18 heavy (non-hydrogen) atoms. The van der Waals surface area contributed by atoms with Gasteiger partial charge in [-0.05, 0) is 57.4 Å². The molecule has 1 rings (SSSR count). The van der Waals surface area contributed by atoms with Crippen LogP contribution in [-0.2, 0) is 6.54 Å². The molecule has 0 radical (unpaired) electrons. The quantitative estimate of drug-likeness (QED) is 0.769. The maximum Gasteiger partial charge on any atom is 0.0212 e. The van der Waals surface area contributed by atoms with Gasteiger partial charge in [-0.2, -0.15) is 0 Å². The van der Waals surface area contributed by atoms with Crippen molar-refractivity contribution in [3.05, 3.63) is 29.3 Å². The van der Waals surface area contributed by atoms with Crippen LogP contribution < -0.4 is 5.32 Å². The second-order valence-electron chi connectivity index (χ2n) is 6.03. The highest BCUT2D eigenvalue weighted by Gasteiger charge is 2.10. The fraction of sp³-hybridized carbons (Fsp3) is 0.625. The van der Waals surface area contributed by atoms with Gasteiger partial charge >= 0.3 is 0 Å². The minimum Gasteiger partial charge on any atom is -0.308 e. The van der Waals surface area contributed by atoms with E-state index in [-0.39, 0.29) is 5.54 Å². The number of benzene rings is 1. The van der Waals surface area contributed by atoms with Gasteiger partial charge in [-0.3, -0.25) is 0 Å². The lowest BCUT2D eigenvalue weighted by molar-refractivity contribution is 0.424. The summed E-state index contributed by atoms with van der Waals surface area (Å²) >= 11 is 1.97. The zero-order valence-corrected chi connectivity index (χ0v) is 13.4. The van der Waals surface area contributed by atoms with Gasteiger partial charge in [0, 0.05) is 22.2 Å². The third kappa shape index (κ3) is 5.45. The first-order valence-electron chi connectivity index (χ1n) is 6.83. The van der Waals surface area contributed by atoms with E-state index in [1.54, 1.807) is 0 Å². The Kier molecular flexibility index (Phi) is 5.74. The Balaban J connectivity index is 2.68. The summed E-state index contributed by atoms with van der Waals surface area (Å²) in [5, 5.41) is 4.24. The monoisotopic (exact) mass is 265 g/mol. The smallest absolute Gasteiger partial charge is 0.0212 e. The third-order valence-electron chi connectivity index (χ3n) is 3.04. The van der Waals surface area contributed by atoms with Crippen LogP contribution in [0.3, 0.4) is 0 Å². The molecule has 0 aliphatic carbocycles. The zero-order valence-electron chi connectivity index (χ0n) is 12.6. The maximum atomic E-state index is 3.54. The van der Waals surface area contributed by atoms with E-state index in [0.717, 1.165) is 6.54 Å². The number of thioether (sulfide) groups is 1. The van der Waals surface area contributed by atoms with Gasteiger partial charge in [0.2, 0.25) is 0 Å². The van der Waals surface area contributed by atoms with Crippen LogP contribution in [0.1, 0.15) is 52.2 Å². The fourth-order valence-corrected chi connectivity index (χ4v) is 2.64. The van der Waals surface area contributed by atoms with E-state index in [1.165, 1.54) is 22.4 Å². The van der Waals surface area contributed by atoms with E-state index in [4.69, 9.17) is 0 Å². The Labute approximate surface area is 117 Å². The summed E-state index contributed by atoms with van der Waals surface area (Å²) in [5.74, 6) is 0. The largest absolute Gasteiger partial charge is 0.308 e. The molecule has 0 aliphatic rings. The minimum atomic E-state index is 0.177. The van der Waals surface area contributed by atoms with Crippen molar-refractivity contribution in [1.82, 2.24) is 5.32 Å². The Hall–Kier alpha value is -0.470. The lowest BCUT2D eigenvalue weighted by atomic mass is 10.1. The van der Waals surface area contributed by atoms with Gasteiger partial charge in [-0.1, -0.05) is 19.9 Å². The van der Waals surface area contributed by atoms with Crippen molar-refractivity contribution in [1.29, 1.82) is 0 Å². The van der Waals surface area contributed by atoms with Crippen LogP contribution in [0.25, 0.3) is 0 Å². The number of nitrogens with one attached hydrogen (secondary N) is 1. The van der Waals surface area contributed by atoms with Gasteiger partial charge in [-0.15, -0.1) is 11.8 Å². The van der Waals surface area contributed by atoms with Crippen molar-refractivity contribution in [2.24, 2.45) is 0 Å². The first-order valence-corrected chi connectivity index (χ1v) is 7.71. The molecule has 102 valence electrons. The molecular formula is C16H27NS. The van der Waals surface area contributed by atoms with Gasteiger partial charge in [0.25, 0.3) is 0 Å². The van der Waals surface area contributed by atoms with E-state index in [1.807, 2.05) is 11.8 Å². The SMILES string of the molecule is CCC(C)Sc1ccc(CNC(C)(C)C)c(C)c1. The van der Waals surface area contributed by atoms with Gasteiger partial charge in [0.1, 0.15) is 0 Å². The van der Waals surface area contributed by atoms with Crippen molar-refractivity contribution in [2.45, 2.75) is 70.2 Å². The van der Waals surface area contributed by atoms with Gasteiger partial charge in [0.05, 0.1) is 0 Å². The fourth-order valence-electron chi connectivity index (χ4n) is 1.62. The molecule has 1 nitrogen and oxygen atoms in total. The predicted octanol–water partition coefficient (Wildman–Crippen LogP) is 4.77. The molecule has 0 heterocycles. The molecule has 0 bridgehead atoms. The second kappa shape index (κ2) is 6.63. The average Bonchev–Trinajstić information content (AvgIpc) is 2.26. The molecule has 1 N–H and O–H groups in total. The number of hydrogen-bond acceptors (Lipinski definition) is 2. The third-order valence-corrected chi connectivity index (χ3v) is 4.30. The average molecular weight is 265 g/mol. The van der Waals surface area contributed by atoms with Crippen LogP contribution in [0.2, 0.25) is 0 Å². The lowest BCUT2D eigenvalue weighted by Crippen LogP contribution is -2.35. The normalized spacial score (nSPS) is 13.7. The Morgan fingerprint density at radius 3 is 2.44 bits per heavy atom. The van der Waals surface area contributed by atoms with E-state index in [2.05, 4.69) is 65.1 Å². The summed E-state index contributed by atoms with van der Waals surface area (Å²) in [6.45, 7) is 14.3. The Bertz CT molecular complexity index is 379. The summed E-state index contributed by atoms with van der Waals surface area (Å²) in [5.41, 5.74) is 2.97. The van der Waals surface area contributed by atoms with Gasteiger partial charge in [-0.25, -0.2) is 0 Å². The van der Waals surface area contributed by atoms with E-state index >= 15 is 0 Å². The number of rotatable bonds is 5. The van der Waals surface area contributed by atoms with Gasteiger partial charge < -0.3 is 5.32 Å². The molecule has 0 saturated heterocycles. The molecule has 0 aliphatic heterocycles. The second-order valence-corrected chi connectivity index (χ2v) is 7.54. The summed E-state index contributed by atoms with van der Waals surface area (Å²) in [6, 6.07) is 6.83. The van der Waals surface area contributed by atoms with Gasteiger partial charge in [0.15, 0.2) is 0 Å². The first-order chi connectivity index (χ1) is 8.31. The van der Waals surface area contributed by atoms with Crippen LogP contribution in [0.4, 0.5) is 0 Å². The van der Waals surface area contributed by atoms with E-state index in [9.17, 15) is 0 Å². The highest BCUT2D eigenvalue weighted by Crippen LogP contribution is 2.26. The highest BCUT2D eigenvalue weighted by atomic mass is 32.2.